The molecule has 4 heterocycles. The Morgan fingerprint density at radius 1 is 1.09 bits per heavy atom. The molecule has 1 saturated heterocycles. The average Bonchev–Trinajstić information content (AvgIpc) is 2.97. The zero-order valence-electron chi connectivity index (χ0n) is 18.7. The Morgan fingerprint density at radius 3 is 2.50 bits per heavy atom. The number of thiazole rings is 1. The van der Waals surface area contributed by atoms with Gasteiger partial charge in [-0.05, 0) is 13.8 Å². The summed E-state index contributed by atoms with van der Waals surface area (Å²) in [4.78, 5) is 48.3. The van der Waals surface area contributed by atoms with Gasteiger partial charge in [0.2, 0.25) is 5.91 Å². The molecular weight excluding hydrogens is 448 g/mol. The van der Waals surface area contributed by atoms with Gasteiger partial charge in [0.25, 0.3) is 11.5 Å². The number of rotatable bonds is 4. The zero-order valence-corrected chi connectivity index (χ0v) is 20.3. The molecule has 2 amide bonds. The number of hydrogen-bond donors (Lipinski definition) is 0. The highest BCUT2D eigenvalue weighted by Gasteiger charge is 2.30. The van der Waals surface area contributed by atoms with Crippen LogP contribution in [-0.2, 0) is 24.2 Å². The van der Waals surface area contributed by atoms with Crippen molar-refractivity contribution < 1.29 is 14.3 Å². The van der Waals surface area contributed by atoms with Crippen molar-refractivity contribution in [2.75, 3.05) is 44.8 Å². The predicted molar refractivity (Wildman–Crippen MR) is 126 cm³/mol. The minimum Gasteiger partial charge on any atom is -0.496 e. The van der Waals surface area contributed by atoms with Gasteiger partial charge >= 0.3 is 0 Å². The number of thioether (sulfide) groups is 1. The van der Waals surface area contributed by atoms with Gasteiger partial charge in [0.15, 0.2) is 0 Å². The number of ether oxygens (including phenoxy) is 1. The summed E-state index contributed by atoms with van der Waals surface area (Å²) in [5.74, 6) is 2.05. The third kappa shape index (κ3) is 4.56. The molecule has 2 aliphatic heterocycles. The summed E-state index contributed by atoms with van der Waals surface area (Å²) < 4.78 is 7.10. The van der Waals surface area contributed by atoms with Gasteiger partial charge in [-0.15, -0.1) is 11.3 Å². The molecular formula is C22H28N4O4S2. The first-order valence-corrected chi connectivity index (χ1v) is 12.7. The second-order valence-electron chi connectivity index (χ2n) is 7.98. The molecule has 32 heavy (non-hydrogen) atoms. The summed E-state index contributed by atoms with van der Waals surface area (Å²) in [6.45, 7) is 6.48. The largest absolute Gasteiger partial charge is 0.496 e. The minimum absolute atomic E-state index is 0.0190. The minimum atomic E-state index is -0.203. The van der Waals surface area contributed by atoms with E-state index in [2.05, 4.69) is 4.98 Å². The van der Waals surface area contributed by atoms with Gasteiger partial charge in [-0.1, -0.05) is 0 Å². The van der Waals surface area contributed by atoms with Crippen LogP contribution in [0.1, 0.15) is 31.6 Å². The first-order chi connectivity index (χ1) is 15.4. The molecule has 10 heteroatoms. The fourth-order valence-corrected chi connectivity index (χ4v) is 6.13. The highest BCUT2D eigenvalue weighted by Crippen LogP contribution is 2.26. The van der Waals surface area contributed by atoms with Gasteiger partial charge in [-0.25, -0.2) is 4.98 Å². The SMILES string of the molecule is COc1cc(=O)n2c(c1C(=O)N1CCSCC1)CCN(C(=O)Cc1sc(C)nc1C)CC2. The molecule has 0 aromatic carbocycles. The Balaban J connectivity index is 1.60. The highest BCUT2D eigenvalue weighted by molar-refractivity contribution is 7.99. The number of carbonyl (C=O) groups is 2. The number of amides is 2. The summed E-state index contributed by atoms with van der Waals surface area (Å²) in [6, 6.07) is 1.40. The normalized spacial score (nSPS) is 16.5. The molecule has 0 saturated carbocycles. The Bertz CT molecular complexity index is 1090. The number of hydrogen-bond acceptors (Lipinski definition) is 7. The lowest BCUT2D eigenvalue weighted by Crippen LogP contribution is -2.39. The van der Waals surface area contributed by atoms with Crippen LogP contribution in [0.2, 0.25) is 0 Å². The van der Waals surface area contributed by atoms with E-state index in [0.29, 0.717) is 62.6 Å². The van der Waals surface area contributed by atoms with E-state index in [1.54, 1.807) is 20.8 Å². The Hall–Kier alpha value is -2.33. The summed E-state index contributed by atoms with van der Waals surface area (Å²) in [5.41, 5.74) is 1.82. The summed E-state index contributed by atoms with van der Waals surface area (Å²) in [5, 5.41) is 0.950. The first kappa shape index (κ1) is 22.8. The van der Waals surface area contributed by atoms with Crippen LogP contribution in [0.5, 0.6) is 5.75 Å². The summed E-state index contributed by atoms with van der Waals surface area (Å²) in [6.07, 6.45) is 0.742. The highest BCUT2D eigenvalue weighted by atomic mass is 32.2. The molecule has 2 aromatic heterocycles. The third-order valence-corrected chi connectivity index (χ3v) is 8.00. The van der Waals surface area contributed by atoms with E-state index < -0.39 is 0 Å². The van der Waals surface area contributed by atoms with E-state index in [0.717, 1.165) is 27.1 Å². The number of nitrogens with zero attached hydrogens (tertiary/aromatic N) is 4. The Labute approximate surface area is 195 Å². The summed E-state index contributed by atoms with van der Waals surface area (Å²) >= 11 is 3.38. The number of pyridine rings is 1. The number of methoxy groups -OCH3 is 1. The monoisotopic (exact) mass is 476 g/mol. The molecule has 0 unspecified atom stereocenters. The van der Waals surface area contributed by atoms with E-state index in [4.69, 9.17) is 4.74 Å². The molecule has 0 spiro atoms. The van der Waals surface area contributed by atoms with Crippen LogP contribution in [-0.4, -0.2) is 76.0 Å². The van der Waals surface area contributed by atoms with Crippen molar-refractivity contribution >= 4 is 34.9 Å². The van der Waals surface area contributed by atoms with E-state index in [-0.39, 0.29) is 17.4 Å². The van der Waals surface area contributed by atoms with Crippen LogP contribution in [0.25, 0.3) is 0 Å². The lowest BCUT2D eigenvalue weighted by Gasteiger charge is -2.28. The van der Waals surface area contributed by atoms with Gasteiger partial charge in [0.1, 0.15) is 11.3 Å². The van der Waals surface area contributed by atoms with Crippen molar-refractivity contribution in [1.82, 2.24) is 19.4 Å². The molecule has 8 nitrogen and oxygen atoms in total. The number of carbonyl (C=O) groups excluding carboxylic acids is 2. The van der Waals surface area contributed by atoms with Crippen molar-refractivity contribution in [2.24, 2.45) is 0 Å². The van der Waals surface area contributed by atoms with Crippen LogP contribution in [0.3, 0.4) is 0 Å². The van der Waals surface area contributed by atoms with Gasteiger partial charge in [-0.2, -0.15) is 11.8 Å². The Kier molecular flexibility index (Phi) is 6.90. The zero-order chi connectivity index (χ0) is 22.8. The topological polar surface area (TPSA) is 84.7 Å². The summed E-state index contributed by atoms with van der Waals surface area (Å²) in [7, 11) is 1.49. The molecule has 0 bridgehead atoms. The van der Waals surface area contributed by atoms with Gasteiger partial charge in [-0.3, -0.25) is 14.4 Å². The predicted octanol–water partition coefficient (Wildman–Crippen LogP) is 1.75. The molecule has 0 aliphatic carbocycles. The maximum Gasteiger partial charge on any atom is 0.259 e. The van der Waals surface area contributed by atoms with Crippen LogP contribution in [0, 0.1) is 13.8 Å². The molecule has 0 N–H and O–H groups in total. The van der Waals surface area contributed by atoms with Crippen molar-refractivity contribution in [3.8, 4) is 5.75 Å². The van der Waals surface area contributed by atoms with Crippen molar-refractivity contribution in [3.63, 3.8) is 0 Å². The van der Waals surface area contributed by atoms with E-state index >= 15 is 0 Å². The van der Waals surface area contributed by atoms with Crippen molar-refractivity contribution in [1.29, 1.82) is 0 Å². The van der Waals surface area contributed by atoms with Crippen LogP contribution in [0.4, 0.5) is 0 Å². The third-order valence-electron chi connectivity index (χ3n) is 5.99. The van der Waals surface area contributed by atoms with Crippen LogP contribution in [0.15, 0.2) is 10.9 Å². The molecule has 2 aromatic rings. The average molecular weight is 477 g/mol. The molecule has 4 rings (SSSR count). The first-order valence-electron chi connectivity index (χ1n) is 10.8. The molecule has 0 radical (unpaired) electrons. The maximum absolute atomic E-state index is 13.4. The smallest absolute Gasteiger partial charge is 0.259 e. The fraction of sp³-hybridized carbons (Fsp3) is 0.545. The number of aromatic nitrogens is 2. The van der Waals surface area contributed by atoms with Gasteiger partial charge < -0.3 is 19.1 Å². The standard InChI is InChI=1S/C22H28N4O4S2/c1-14-18(32-15(2)23-14)13-19(27)24-5-4-16-21(22(29)25-8-10-31-11-9-25)17(30-3)12-20(28)26(16)7-6-24/h12H,4-11,13H2,1-3H3. The van der Waals surface area contributed by atoms with E-state index in [1.165, 1.54) is 13.2 Å². The van der Waals surface area contributed by atoms with Gasteiger partial charge in [0, 0.05) is 67.3 Å². The molecule has 0 atom stereocenters. The number of fused-ring (bicyclic) bond motifs is 1. The lowest BCUT2D eigenvalue weighted by atomic mass is 10.1. The molecule has 1 fully saturated rings. The van der Waals surface area contributed by atoms with Crippen molar-refractivity contribution in [2.45, 2.75) is 33.2 Å². The van der Waals surface area contributed by atoms with Crippen LogP contribution >= 0.6 is 23.1 Å². The second kappa shape index (κ2) is 9.66. The maximum atomic E-state index is 13.4. The van der Waals surface area contributed by atoms with E-state index in [1.807, 2.05) is 30.5 Å². The second-order valence-corrected chi connectivity index (χ2v) is 10.5. The molecule has 2 aliphatic rings. The quantitative estimate of drug-likeness (QED) is 0.669. The van der Waals surface area contributed by atoms with Crippen molar-refractivity contribution in [3.05, 3.63) is 43.3 Å². The number of aryl methyl sites for hydroxylation is 2. The fourth-order valence-electron chi connectivity index (χ4n) is 4.30. The van der Waals surface area contributed by atoms with E-state index in [9.17, 15) is 14.4 Å². The van der Waals surface area contributed by atoms with Gasteiger partial charge in [0.05, 0.1) is 24.2 Å². The Morgan fingerprint density at radius 2 is 1.84 bits per heavy atom. The molecule has 172 valence electrons. The lowest BCUT2D eigenvalue weighted by molar-refractivity contribution is -0.130. The van der Waals surface area contributed by atoms with Crippen LogP contribution < -0.4 is 10.3 Å².